The van der Waals surface area contributed by atoms with E-state index in [2.05, 4.69) is 74.3 Å². The third-order valence-electron chi connectivity index (χ3n) is 5.62. The van der Waals surface area contributed by atoms with Crippen molar-refractivity contribution in [1.29, 1.82) is 0 Å². The first kappa shape index (κ1) is 21.8. The summed E-state index contributed by atoms with van der Waals surface area (Å²) in [6.07, 6.45) is 7.56. The van der Waals surface area contributed by atoms with Gasteiger partial charge in [0.1, 0.15) is 11.6 Å². The lowest BCUT2D eigenvalue weighted by molar-refractivity contribution is 0.225. The van der Waals surface area contributed by atoms with Crippen molar-refractivity contribution in [3.05, 3.63) is 87.6 Å². The molecule has 0 amide bonds. The van der Waals surface area contributed by atoms with Gasteiger partial charge in [-0.15, -0.1) is 0 Å². The lowest BCUT2D eigenvalue weighted by Crippen LogP contribution is -2.38. The van der Waals surface area contributed by atoms with Crippen LogP contribution in [0.2, 0.25) is 0 Å². The summed E-state index contributed by atoms with van der Waals surface area (Å²) in [5.41, 5.74) is 4.67. The maximum atomic E-state index is 13.5. The van der Waals surface area contributed by atoms with Crippen LogP contribution in [0.4, 0.5) is 4.39 Å². The average molecular weight is 403 g/mol. The van der Waals surface area contributed by atoms with Crippen LogP contribution in [0.5, 0.6) is 0 Å². The molecule has 3 heteroatoms. The molecule has 156 valence electrons. The van der Waals surface area contributed by atoms with E-state index in [9.17, 15) is 4.39 Å². The van der Waals surface area contributed by atoms with E-state index in [4.69, 9.17) is 0 Å². The zero-order valence-electron chi connectivity index (χ0n) is 18.3. The largest absolute Gasteiger partial charge is 0.349 e. The minimum atomic E-state index is -0.210. The fraction of sp³-hybridized carbons (Fsp3) is 0.296. The normalized spacial score (nSPS) is 18.1. The first-order chi connectivity index (χ1) is 14.4. The molecule has 0 N–H and O–H groups in total. The van der Waals surface area contributed by atoms with Crippen molar-refractivity contribution >= 4 is 24.7 Å². The average Bonchev–Trinajstić information content (AvgIpc) is 2.75. The number of rotatable bonds is 5. The molecule has 0 spiro atoms. The standard InChI is InChI=1S/C27H31FN2/c1-6-21(17-19(2)3)23-11-10-20(4)25(18-23)27(29-5)30-16-8-7-9-26(30)22-12-14-24(28)15-13-22/h6,10-15,17-18,26H,4-5,7-9,16H2,1-3H3/b21-6+,27-25+. The Balaban J connectivity index is 2.15. The van der Waals surface area contributed by atoms with Gasteiger partial charge in [-0.3, -0.25) is 0 Å². The molecule has 0 aliphatic carbocycles. The van der Waals surface area contributed by atoms with Gasteiger partial charge in [-0.25, -0.2) is 9.38 Å². The number of hydrogen-bond acceptors (Lipinski definition) is 2. The Morgan fingerprint density at radius 1 is 1.13 bits per heavy atom. The van der Waals surface area contributed by atoms with Gasteiger partial charge in [0.15, 0.2) is 0 Å². The van der Waals surface area contributed by atoms with Crippen LogP contribution in [-0.4, -0.2) is 18.2 Å². The van der Waals surface area contributed by atoms with Crippen LogP contribution in [0.15, 0.2) is 65.2 Å². The number of nitrogens with zero attached hydrogens (tertiary/aromatic N) is 2. The van der Waals surface area contributed by atoms with E-state index >= 15 is 0 Å². The molecule has 0 bridgehead atoms. The van der Waals surface area contributed by atoms with Gasteiger partial charge < -0.3 is 4.90 Å². The van der Waals surface area contributed by atoms with Crippen molar-refractivity contribution in [2.75, 3.05) is 6.54 Å². The Labute approximate surface area is 179 Å². The highest BCUT2D eigenvalue weighted by Crippen LogP contribution is 2.34. The molecule has 2 aromatic carbocycles. The van der Waals surface area contributed by atoms with E-state index in [1.807, 2.05) is 12.1 Å². The highest BCUT2D eigenvalue weighted by atomic mass is 19.1. The Morgan fingerprint density at radius 2 is 1.87 bits per heavy atom. The lowest BCUT2D eigenvalue weighted by atomic mass is 9.94. The third-order valence-corrected chi connectivity index (χ3v) is 5.62. The molecule has 1 aliphatic heterocycles. The summed E-state index contributed by atoms with van der Waals surface area (Å²) in [6, 6.07) is 13.3. The fourth-order valence-corrected chi connectivity index (χ4v) is 4.16. The molecule has 1 atom stereocenters. The van der Waals surface area contributed by atoms with Crippen LogP contribution in [0.25, 0.3) is 18.0 Å². The zero-order chi connectivity index (χ0) is 21.7. The summed E-state index contributed by atoms with van der Waals surface area (Å²) in [5, 5.41) is 1.93. The SMILES string of the molecule is C=N/C(=c1/cc(/C(C=C(C)C)=C/C)ccc1=C)N1CCCCC1c1ccc(F)cc1. The van der Waals surface area contributed by atoms with Crippen LogP contribution >= 0.6 is 0 Å². The Morgan fingerprint density at radius 3 is 2.50 bits per heavy atom. The number of likely N-dealkylation sites (tertiary alicyclic amines) is 1. The third kappa shape index (κ3) is 4.79. The number of benzene rings is 2. The molecular formula is C27H31FN2. The molecule has 3 rings (SSSR count). The summed E-state index contributed by atoms with van der Waals surface area (Å²) >= 11 is 0. The smallest absolute Gasteiger partial charge is 0.136 e. The van der Waals surface area contributed by atoms with Crippen molar-refractivity contribution < 1.29 is 4.39 Å². The van der Waals surface area contributed by atoms with Gasteiger partial charge in [-0.05, 0) is 86.9 Å². The first-order valence-corrected chi connectivity index (χ1v) is 10.6. The maximum absolute atomic E-state index is 13.5. The summed E-state index contributed by atoms with van der Waals surface area (Å²) in [7, 11) is 0. The fourth-order valence-electron chi connectivity index (χ4n) is 4.16. The van der Waals surface area contributed by atoms with Crippen LogP contribution < -0.4 is 10.4 Å². The second kappa shape index (κ2) is 9.71. The van der Waals surface area contributed by atoms with Gasteiger partial charge in [-0.2, -0.15) is 0 Å². The zero-order valence-corrected chi connectivity index (χ0v) is 18.3. The molecule has 2 nitrogen and oxygen atoms in total. The topological polar surface area (TPSA) is 15.6 Å². The molecule has 0 saturated carbocycles. The molecular weight excluding hydrogens is 371 g/mol. The second-order valence-corrected chi connectivity index (χ2v) is 8.08. The first-order valence-electron chi connectivity index (χ1n) is 10.6. The van der Waals surface area contributed by atoms with E-state index in [0.717, 1.165) is 53.2 Å². The van der Waals surface area contributed by atoms with E-state index in [-0.39, 0.29) is 11.9 Å². The minimum Gasteiger partial charge on any atom is -0.349 e. The summed E-state index contributed by atoms with van der Waals surface area (Å²) in [6.45, 7) is 15.3. The quantitative estimate of drug-likeness (QED) is 0.470. The molecule has 1 fully saturated rings. The molecule has 2 aromatic rings. The molecule has 1 aliphatic rings. The van der Waals surface area contributed by atoms with Gasteiger partial charge in [0.2, 0.25) is 0 Å². The van der Waals surface area contributed by atoms with Crippen molar-refractivity contribution in [1.82, 2.24) is 4.90 Å². The predicted octanol–water partition coefficient (Wildman–Crippen LogP) is 5.60. The predicted molar refractivity (Wildman–Crippen MR) is 127 cm³/mol. The van der Waals surface area contributed by atoms with Crippen LogP contribution in [0.3, 0.4) is 0 Å². The highest BCUT2D eigenvalue weighted by Gasteiger charge is 2.26. The van der Waals surface area contributed by atoms with E-state index in [0.29, 0.717) is 0 Å². The number of halogens is 1. The van der Waals surface area contributed by atoms with E-state index in [1.54, 1.807) is 0 Å². The van der Waals surface area contributed by atoms with Crippen LogP contribution in [0.1, 0.15) is 57.2 Å². The molecule has 1 heterocycles. The second-order valence-electron chi connectivity index (χ2n) is 8.08. The van der Waals surface area contributed by atoms with Gasteiger partial charge in [0, 0.05) is 11.8 Å². The number of aliphatic imine (C=N–C) groups is 1. The molecule has 1 saturated heterocycles. The van der Waals surface area contributed by atoms with Crippen molar-refractivity contribution in [2.45, 2.75) is 46.1 Å². The molecule has 0 aromatic heterocycles. The van der Waals surface area contributed by atoms with Crippen molar-refractivity contribution in [2.24, 2.45) is 4.99 Å². The lowest BCUT2D eigenvalue weighted by Gasteiger charge is -2.38. The minimum absolute atomic E-state index is 0.155. The van der Waals surface area contributed by atoms with Gasteiger partial charge in [-0.1, -0.05) is 48.6 Å². The Bertz CT molecular complexity index is 1070. The number of piperidine rings is 1. The monoisotopic (exact) mass is 402 g/mol. The highest BCUT2D eigenvalue weighted by molar-refractivity contribution is 5.74. The van der Waals surface area contributed by atoms with Gasteiger partial charge in [0.25, 0.3) is 0 Å². The maximum Gasteiger partial charge on any atom is 0.136 e. The number of hydrogen-bond donors (Lipinski definition) is 0. The molecule has 30 heavy (non-hydrogen) atoms. The van der Waals surface area contributed by atoms with Gasteiger partial charge >= 0.3 is 0 Å². The number of allylic oxidation sites excluding steroid dienone is 4. The summed E-state index contributed by atoms with van der Waals surface area (Å²) in [5.74, 6) is 0.640. The van der Waals surface area contributed by atoms with Crippen LogP contribution in [-0.2, 0) is 0 Å². The summed E-state index contributed by atoms with van der Waals surface area (Å²) in [4.78, 5) is 6.78. The van der Waals surface area contributed by atoms with Crippen LogP contribution in [0, 0.1) is 5.82 Å². The van der Waals surface area contributed by atoms with E-state index < -0.39 is 0 Å². The summed E-state index contributed by atoms with van der Waals surface area (Å²) < 4.78 is 13.5. The van der Waals surface area contributed by atoms with E-state index in [1.165, 1.54) is 23.3 Å². The Kier molecular flexibility index (Phi) is 7.04. The van der Waals surface area contributed by atoms with Crippen molar-refractivity contribution in [3.8, 4) is 0 Å². The molecule has 1 unspecified atom stereocenters. The van der Waals surface area contributed by atoms with Crippen molar-refractivity contribution in [3.63, 3.8) is 0 Å². The molecule has 0 radical (unpaired) electrons. The van der Waals surface area contributed by atoms with Gasteiger partial charge in [0.05, 0.1) is 6.04 Å². The Hall–Kier alpha value is -2.94.